The van der Waals surface area contributed by atoms with Crippen molar-refractivity contribution in [2.45, 2.75) is 37.8 Å². The molecule has 0 rings (SSSR count). The zero-order chi connectivity index (χ0) is 18.7. The van der Waals surface area contributed by atoms with Crippen molar-refractivity contribution in [1.82, 2.24) is 10.6 Å². The van der Waals surface area contributed by atoms with Crippen LogP contribution in [0.3, 0.4) is 0 Å². The Hall–Kier alpha value is -3.25. The fourth-order valence-corrected chi connectivity index (χ4v) is 1.54. The first-order valence-corrected chi connectivity index (χ1v) is 6.60. The van der Waals surface area contributed by atoms with Gasteiger partial charge in [-0.25, -0.2) is 14.4 Å². The molecule has 0 aliphatic heterocycles. The largest absolute Gasteiger partial charge is 0.481 e. The van der Waals surface area contributed by atoms with Gasteiger partial charge in [0, 0.05) is 12.8 Å². The molecule has 2 amide bonds. The van der Waals surface area contributed by atoms with E-state index in [0.717, 1.165) is 0 Å². The second-order valence-corrected chi connectivity index (χ2v) is 4.53. The number of hydrogen-bond acceptors (Lipinski definition) is 6. The quantitative estimate of drug-likeness (QED) is 0.0862. The first kappa shape index (κ1) is 20.8. The molecule has 0 aromatic carbocycles. The van der Waals surface area contributed by atoms with E-state index < -0.39 is 42.4 Å². The lowest BCUT2D eigenvalue weighted by Crippen LogP contribution is -2.51. The van der Waals surface area contributed by atoms with Crippen LogP contribution in [0.2, 0.25) is 0 Å². The Kier molecular flexibility index (Phi) is 9.05. The first-order valence-electron chi connectivity index (χ1n) is 6.60. The van der Waals surface area contributed by atoms with Gasteiger partial charge in [-0.15, -0.1) is 5.11 Å². The molecule has 0 unspecified atom stereocenters. The average Bonchev–Trinajstić information content (AvgIpc) is 2.47. The van der Waals surface area contributed by atoms with E-state index in [0.29, 0.717) is 0 Å². The van der Waals surface area contributed by atoms with E-state index in [2.05, 4.69) is 10.3 Å². The summed E-state index contributed by atoms with van der Waals surface area (Å²) in [4.78, 5) is 44.1. The van der Waals surface area contributed by atoms with Gasteiger partial charge >= 0.3 is 23.9 Å². The maximum absolute atomic E-state index is 11.7. The van der Waals surface area contributed by atoms with Gasteiger partial charge in [0.1, 0.15) is 17.9 Å². The highest BCUT2D eigenvalue weighted by Crippen LogP contribution is 2.02. The number of aliphatic carboxylic acids is 3. The van der Waals surface area contributed by atoms with E-state index in [1.165, 1.54) is 0 Å². The standard InChI is InChI=1S/C11H18N6O7/c12-7(16-17-13)3-1-5(9(20)21)14-11(24)15-6(10(22)23)2-4-8(18)19/h5-6H,1-4H2,(H,18,19)(H,20,21)(H,22,23)(H3,12,13,16)(H2,14,15,24)/t5-,6-/m0/s1. The Morgan fingerprint density at radius 1 is 0.958 bits per heavy atom. The zero-order valence-electron chi connectivity index (χ0n) is 12.4. The van der Waals surface area contributed by atoms with Crippen molar-refractivity contribution < 1.29 is 34.5 Å². The van der Waals surface area contributed by atoms with Crippen LogP contribution in [0.1, 0.15) is 25.7 Å². The molecule has 0 aliphatic carbocycles. The van der Waals surface area contributed by atoms with Crippen LogP contribution in [0.25, 0.3) is 0 Å². The normalized spacial score (nSPS) is 13.0. The highest BCUT2D eigenvalue weighted by atomic mass is 16.4. The number of urea groups is 1. The lowest BCUT2D eigenvalue weighted by Gasteiger charge is -2.18. The molecule has 134 valence electrons. The molecule has 24 heavy (non-hydrogen) atoms. The summed E-state index contributed by atoms with van der Waals surface area (Å²) in [5.41, 5.74) is 0. The van der Waals surface area contributed by atoms with Crippen LogP contribution in [-0.2, 0) is 14.4 Å². The number of carbonyl (C=O) groups is 4. The zero-order valence-corrected chi connectivity index (χ0v) is 12.4. The predicted octanol–water partition coefficient (Wildman–Crippen LogP) is -0.860. The number of carboxylic acids is 3. The molecule has 0 heterocycles. The molecule has 2 atom stereocenters. The molecular weight excluding hydrogens is 328 g/mol. The van der Waals surface area contributed by atoms with Gasteiger partial charge in [-0.2, -0.15) is 0 Å². The summed E-state index contributed by atoms with van der Waals surface area (Å²) in [5, 5.41) is 43.7. The second-order valence-electron chi connectivity index (χ2n) is 4.53. The maximum atomic E-state index is 11.7. The lowest BCUT2D eigenvalue weighted by atomic mass is 10.1. The van der Waals surface area contributed by atoms with Gasteiger partial charge < -0.3 is 31.8 Å². The molecule has 0 fully saturated rings. The fraction of sp³-hybridized carbons (Fsp3) is 0.545. The molecular formula is C11H18N6O7. The van der Waals surface area contributed by atoms with E-state index in [9.17, 15) is 19.2 Å². The van der Waals surface area contributed by atoms with Crippen molar-refractivity contribution in [1.29, 1.82) is 5.41 Å². The van der Waals surface area contributed by atoms with E-state index in [-0.39, 0.29) is 25.1 Å². The van der Waals surface area contributed by atoms with Gasteiger partial charge in [0.2, 0.25) is 0 Å². The van der Waals surface area contributed by atoms with Crippen molar-refractivity contribution in [3.05, 3.63) is 0 Å². The predicted molar refractivity (Wildman–Crippen MR) is 77.4 cm³/mol. The smallest absolute Gasteiger partial charge is 0.326 e. The molecule has 0 spiro atoms. The van der Waals surface area contributed by atoms with Gasteiger partial charge in [0.05, 0.1) is 0 Å². The third-order valence-corrected chi connectivity index (χ3v) is 2.70. The fourth-order valence-electron chi connectivity index (χ4n) is 1.54. The van der Waals surface area contributed by atoms with Crippen LogP contribution in [0.15, 0.2) is 10.3 Å². The molecule has 13 heteroatoms. The number of hydrogen-bond donors (Lipinski definition) is 7. The van der Waals surface area contributed by atoms with Crippen LogP contribution in [0.4, 0.5) is 4.79 Å². The monoisotopic (exact) mass is 346 g/mol. The van der Waals surface area contributed by atoms with Crippen molar-refractivity contribution in [3.8, 4) is 0 Å². The Morgan fingerprint density at radius 3 is 1.79 bits per heavy atom. The number of nitrogens with zero attached hydrogens (tertiary/aromatic N) is 2. The number of carboxylic acid groups (broad SMARTS) is 3. The third kappa shape index (κ3) is 8.91. The van der Waals surface area contributed by atoms with Crippen LogP contribution >= 0.6 is 0 Å². The van der Waals surface area contributed by atoms with Crippen molar-refractivity contribution in [2.75, 3.05) is 0 Å². The first-order chi connectivity index (χ1) is 11.2. The summed E-state index contributed by atoms with van der Waals surface area (Å²) in [5.74, 6) is 0.343. The minimum absolute atomic E-state index is 0.140. The van der Waals surface area contributed by atoms with Crippen LogP contribution in [-0.4, -0.2) is 57.2 Å². The molecule has 0 saturated carbocycles. The number of nitrogens with two attached hydrogens (primary N) is 1. The van der Waals surface area contributed by atoms with Crippen molar-refractivity contribution >= 4 is 29.8 Å². The van der Waals surface area contributed by atoms with Gasteiger partial charge in [-0.1, -0.05) is 5.22 Å². The van der Waals surface area contributed by atoms with Crippen molar-refractivity contribution in [2.24, 2.45) is 16.2 Å². The summed E-state index contributed by atoms with van der Waals surface area (Å²) in [6.07, 6.45) is -1.19. The number of carbonyl (C=O) groups excluding carboxylic acids is 1. The van der Waals surface area contributed by atoms with E-state index >= 15 is 0 Å². The van der Waals surface area contributed by atoms with Crippen molar-refractivity contribution in [3.63, 3.8) is 0 Å². The molecule has 8 N–H and O–H groups in total. The Morgan fingerprint density at radius 2 is 1.42 bits per heavy atom. The Labute approximate surface area is 135 Å². The SMILES string of the molecule is N=C(CC[C@H](NC(=O)N[C@@H](CCC(=O)O)C(=O)O)C(=O)O)N=NN. The number of rotatable bonds is 10. The minimum Gasteiger partial charge on any atom is -0.481 e. The second kappa shape index (κ2) is 10.5. The summed E-state index contributed by atoms with van der Waals surface area (Å²) in [6, 6.07) is -3.99. The minimum atomic E-state index is -1.49. The van der Waals surface area contributed by atoms with Crippen LogP contribution < -0.4 is 16.5 Å². The number of amides is 2. The van der Waals surface area contributed by atoms with E-state index in [4.69, 9.17) is 26.6 Å². The highest BCUT2D eigenvalue weighted by Gasteiger charge is 2.25. The summed E-state index contributed by atoms with van der Waals surface area (Å²) < 4.78 is 0. The topological polar surface area (TPSA) is 228 Å². The third-order valence-electron chi connectivity index (χ3n) is 2.70. The molecule has 0 bridgehead atoms. The van der Waals surface area contributed by atoms with E-state index in [1.54, 1.807) is 0 Å². The highest BCUT2D eigenvalue weighted by molar-refractivity contribution is 5.87. The van der Waals surface area contributed by atoms with Gasteiger partial charge in [0.15, 0.2) is 0 Å². The molecule has 0 aliphatic rings. The molecule has 0 saturated heterocycles. The lowest BCUT2D eigenvalue weighted by molar-refractivity contribution is -0.140. The summed E-state index contributed by atoms with van der Waals surface area (Å²) in [7, 11) is 0. The summed E-state index contributed by atoms with van der Waals surface area (Å²) >= 11 is 0. The van der Waals surface area contributed by atoms with Crippen LogP contribution in [0, 0.1) is 5.41 Å². The Bertz CT molecular complexity index is 535. The summed E-state index contributed by atoms with van der Waals surface area (Å²) in [6.45, 7) is 0. The Balaban J connectivity index is 4.63. The van der Waals surface area contributed by atoms with E-state index in [1.807, 2.05) is 10.6 Å². The molecule has 0 radical (unpaired) electrons. The van der Waals surface area contributed by atoms with Gasteiger partial charge in [-0.3, -0.25) is 10.2 Å². The number of amidine groups is 1. The molecule has 0 aromatic heterocycles. The molecule has 13 nitrogen and oxygen atoms in total. The van der Waals surface area contributed by atoms with Gasteiger partial charge in [-0.05, 0) is 12.8 Å². The average molecular weight is 346 g/mol. The maximum Gasteiger partial charge on any atom is 0.326 e. The molecule has 0 aromatic rings. The van der Waals surface area contributed by atoms with Crippen LogP contribution in [0.5, 0.6) is 0 Å². The van der Waals surface area contributed by atoms with Gasteiger partial charge in [0.25, 0.3) is 0 Å². The number of nitrogens with one attached hydrogen (secondary N) is 3.